The van der Waals surface area contributed by atoms with Gasteiger partial charge in [-0.3, -0.25) is 24.0 Å². The van der Waals surface area contributed by atoms with Crippen LogP contribution in [0.4, 0.5) is 0 Å². The molecule has 0 bridgehead atoms. The van der Waals surface area contributed by atoms with Gasteiger partial charge in [0.05, 0.1) is 18.8 Å². The number of carbonyl (C=O) groups excluding carboxylic acids is 3. The summed E-state index contributed by atoms with van der Waals surface area (Å²) in [4.78, 5) is 78.0. The Hall–Kier alpha value is -3.66. The molecule has 9 N–H and O–H groups in total. The van der Waals surface area contributed by atoms with Gasteiger partial charge in [-0.25, -0.2) is 9.78 Å². The second kappa shape index (κ2) is 15.4. The van der Waals surface area contributed by atoms with E-state index < -0.39 is 72.6 Å². The van der Waals surface area contributed by atoms with Gasteiger partial charge in [-0.05, 0) is 24.9 Å². The number of thioether (sulfide) groups is 1. The Bertz CT molecular complexity index is 927. The lowest BCUT2D eigenvalue weighted by atomic mass is 10.1. The van der Waals surface area contributed by atoms with Gasteiger partial charge >= 0.3 is 17.9 Å². The number of carboxylic acid groups (broad SMARTS) is 3. The summed E-state index contributed by atoms with van der Waals surface area (Å²) in [5.41, 5.74) is 5.97. The molecule has 0 saturated carbocycles. The third-order valence-electron chi connectivity index (χ3n) is 4.85. The summed E-state index contributed by atoms with van der Waals surface area (Å²) in [5, 5.41) is 34.3. The lowest BCUT2D eigenvalue weighted by molar-refractivity contribution is -0.142. The summed E-state index contributed by atoms with van der Waals surface area (Å²) in [6.07, 6.45) is 2.93. The van der Waals surface area contributed by atoms with E-state index >= 15 is 0 Å². The number of nitrogens with one attached hydrogen (secondary N) is 4. The Morgan fingerprint density at radius 3 is 2.03 bits per heavy atom. The molecule has 1 aromatic heterocycles. The second-order valence-corrected chi connectivity index (χ2v) is 8.71. The number of carbonyl (C=O) groups is 6. The summed E-state index contributed by atoms with van der Waals surface area (Å²) in [6, 6.07) is -5.45. The molecule has 16 heteroatoms. The van der Waals surface area contributed by atoms with Gasteiger partial charge in [0.1, 0.15) is 18.1 Å². The average molecular weight is 531 g/mol. The van der Waals surface area contributed by atoms with Gasteiger partial charge in [0.15, 0.2) is 0 Å². The molecule has 1 heterocycles. The van der Waals surface area contributed by atoms with Crippen molar-refractivity contribution in [3.63, 3.8) is 0 Å². The number of hydrogen-bond donors (Lipinski definition) is 8. The van der Waals surface area contributed by atoms with Crippen molar-refractivity contribution < 1.29 is 44.1 Å². The third kappa shape index (κ3) is 11.2. The van der Waals surface area contributed by atoms with Crippen LogP contribution in [0.25, 0.3) is 0 Å². The van der Waals surface area contributed by atoms with Crippen molar-refractivity contribution in [1.29, 1.82) is 0 Å². The van der Waals surface area contributed by atoms with E-state index in [-0.39, 0.29) is 19.3 Å². The Morgan fingerprint density at radius 1 is 0.944 bits per heavy atom. The minimum atomic E-state index is -1.49. The van der Waals surface area contributed by atoms with Crippen LogP contribution in [0.2, 0.25) is 0 Å². The molecule has 4 unspecified atom stereocenters. The van der Waals surface area contributed by atoms with Crippen molar-refractivity contribution in [2.75, 3.05) is 12.0 Å². The molecule has 200 valence electrons. The van der Waals surface area contributed by atoms with E-state index in [0.717, 1.165) is 0 Å². The number of amides is 3. The molecular weight excluding hydrogens is 500 g/mol. The fourth-order valence-electron chi connectivity index (χ4n) is 2.96. The van der Waals surface area contributed by atoms with Crippen molar-refractivity contribution in [3.8, 4) is 0 Å². The summed E-state index contributed by atoms with van der Waals surface area (Å²) >= 11 is 1.37. The number of H-pyrrole nitrogens is 1. The first kappa shape index (κ1) is 30.4. The molecule has 0 radical (unpaired) electrons. The zero-order chi connectivity index (χ0) is 27.3. The SMILES string of the molecule is CSCCC(NC(=O)C(CCC(=O)O)NC(=O)C(N)CC(=O)O)C(=O)NC(Cc1cnc[nH]1)C(=O)O. The molecule has 36 heavy (non-hydrogen) atoms. The first-order valence-electron chi connectivity index (χ1n) is 10.7. The largest absolute Gasteiger partial charge is 0.481 e. The first-order valence-corrected chi connectivity index (χ1v) is 12.1. The number of imidazole rings is 1. The lowest BCUT2D eigenvalue weighted by Gasteiger charge is -2.25. The topological polar surface area (TPSA) is 254 Å². The summed E-state index contributed by atoms with van der Waals surface area (Å²) in [7, 11) is 0. The van der Waals surface area contributed by atoms with Gasteiger partial charge in [0.2, 0.25) is 17.7 Å². The predicted octanol–water partition coefficient (Wildman–Crippen LogP) is -2.09. The molecule has 0 saturated heterocycles. The molecule has 1 rings (SSSR count). The monoisotopic (exact) mass is 530 g/mol. The van der Waals surface area contributed by atoms with E-state index in [1.807, 2.05) is 0 Å². The maximum Gasteiger partial charge on any atom is 0.326 e. The standard InChI is InChI=1S/C20H30N6O9S/c1-36-5-4-13(19(33)26-14(20(34)35)6-10-8-22-9-23-10)25-18(32)12(2-3-15(27)28)24-17(31)11(21)7-16(29)30/h8-9,11-14H,2-7,21H2,1H3,(H,22,23)(H,24,31)(H,25,32)(H,26,33)(H,27,28)(H,29,30)(H,34,35). The van der Waals surface area contributed by atoms with Crippen molar-refractivity contribution in [1.82, 2.24) is 25.9 Å². The van der Waals surface area contributed by atoms with Gasteiger partial charge in [-0.2, -0.15) is 11.8 Å². The highest BCUT2D eigenvalue weighted by molar-refractivity contribution is 7.98. The van der Waals surface area contributed by atoms with Crippen LogP contribution in [0, 0.1) is 0 Å². The quantitative estimate of drug-likeness (QED) is 0.108. The number of aromatic nitrogens is 2. The number of aromatic amines is 1. The van der Waals surface area contributed by atoms with Gasteiger partial charge in [0.25, 0.3) is 0 Å². The number of aliphatic carboxylic acids is 3. The summed E-state index contributed by atoms with van der Waals surface area (Å²) in [5.74, 6) is -6.20. The van der Waals surface area contributed by atoms with Gasteiger partial charge < -0.3 is 42.0 Å². The molecule has 0 aliphatic carbocycles. The molecule has 15 nitrogen and oxygen atoms in total. The maximum atomic E-state index is 12.9. The van der Waals surface area contributed by atoms with E-state index in [9.17, 15) is 33.9 Å². The summed E-state index contributed by atoms with van der Waals surface area (Å²) in [6.45, 7) is 0. The maximum absolute atomic E-state index is 12.9. The number of nitrogens with zero attached hydrogens (tertiary/aromatic N) is 1. The van der Waals surface area contributed by atoms with Crippen LogP contribution in [-0.4, -0.2) is 97.1 Å². The minimum absolute atomic E-state index is 0.0942. The molecule has 4 atom stereocenters. The minimum Gasteiger partial charge on any atom is -0.481 e. The molecule has 3 amide bonds. The van der Waals surface area contributed by atoms with Crippen LogP contribution >= 0.6 is 11.8 Å². The average Bonchev–Trinajstić information content (AvgIpc) is 3.30. The van der Waals surface area contributed by atoms with Crippen LogP contribution in [-0.2, 0) is 35.2 Å². The Labute approximate surface area is 210 Å². The third-order valence-corrected chi connectivity index (χ3v) is 5.49. The number of hydrogen-bond acceptors (Lipinski definition) is 9. The molecule has 0 aromatic carbocycles. The second-order valence-electron chi connectivity index (χ2n) is 7.72. The van der Waals surface area contributed by atoms with Crippen LogP contribution in [0.1, 0.15) is 31.4 Å². The zero-order valence-corrected chi connectivity index (χ0v) is 20.2. The number of nitrogens with two attached hydrogens (primary N) is 1. The fraction of sp³-hybridized carbons (Fsp3) is 0.550. The van der Waals surface area contributed by atoms with E-state index in [1.54, 1.807) is 6.26 Å². The number of carboxylic acids is 3. The van der Waals surface area contributed by atoms with Crippen molar-refractivity contribution >= 4 is 47.4 Å². The normalized spacial score (nSPS) is 14.1. The lowest BCUT2D eigenvalue weighted by Crippen LogP contribution is -2.57. The Kier molecular flexibility index (Phi) is 13.0. The van der Waals surface area contributed by atoms with Crippen LogP contribution < -0.4 is 21.7 Å². The highest BCUT2D eigenvalue weighted by atomic mass is 32.2. The molecule has 0 aliphatic rings. The Morgan fingerprint density at radius 2 is 1.53 bits per heavy atom. The van der Waals surface area contributed by atoms with Gasteiger partial charge in [-0.1, -0.05) is 0 Å². The van der Waals surface area contributed by atoms with E-state index in [2.05, 4.69) is 25.9 Å². The highest BCUT2D eigenvalue weighted by Gasteiger charge is 2.31. The number of rotatable bonds is 17. The van der Waals surface area contributed by atoms with Crippen LogP contribution in [0.3, 0.4) is 0 Å². The van der Waals surface area contributed by atoms with E-state index in [1.165, 1.54) is 24.3 Å². The molecular formula is C20H30N6O9S. The highest BCUT2D eigenvalue weighted by Crippen LogP contribution is 2.07. The molecule has 1 aromatic rings. The molecule has 0 spiro atoms. The van der Waals surface area contributed by atoms with E-state index in [4.69, 9.17) is 15.9 Å². The van der Waals surface area contributed by atoms with Crippen molar-refractivity contribution in [3.05, 3.63) is 18.2 Å². The zero-order valence-electron chi connectivity index (χ0n) is 19.4. The fourth-order valence-corrected chi connectivity index (χ4v) is 3.43. The summed E-state index contributed by atoms with van der Waals surface area (Å²) < 4.78 is 0. The first-order chi connectivity index (χ1) is 16.9. The van der Waals surface area contributed by atoms with Gasteiger partial charge in [0, 0.05) is 24.7 Å². The Balaban J connectivity index is 2.98. The predicted molar refractivity (Wildman–Crippen MR) is 126 cm³/mol. The molecule has 0 aliphatic heterocycles. The van der Waals surface area contributed by atoms with E-state index in [0.29, 0.717) is 11.4 Å². The molecule has 0 fully saturated rings. The van der Waals surface area contributed by atoms with Crippen molar-refractivity contribution in [2.24, 2.45) is 5.73 Å². The van der Waals surface area contributed by atoms with Crippen LogP contribution in [0.5, 0.6) is 0 Å². The van der Waals surface area contributed by atoms with Crippen molar-refractivity contribution in [2.45, 2.75) is 56.3 Å². The smallest absolute Gasteiger partial charge is 0.326 e. The van der Waals surface area contributed by atoms with Crippen LogP contribution in [0.15, 0.2) is 12.5 Å². The van der Waals surface area contributed by atoms with Gasteiger partial charge in [-0.15, -0.1) is 0 Å².